The van der Waals surface area contributed by atoms with E-state index in [4.69, 9.17) is 9.40 Å². The Kier molecular flexibility index (Phi) is 4.84. The predicted molar refractivity (Wildman–Crippen MR) is 111 cm³/mol. The molecule has 2 aromatic carbocycles. The molecule has 0 spiro atoms. The normalized spacial score (nSPS) is 12.4. The minimum Gasteiger partial charge on any atom is -0.468 e. The first-order chi connectivity index (χ1) is 13.5. The van der Waals surface area contributed by atoms with Crippen molar-refractivity contribution in [2.45, 2.75) is 33.4 Å². The SMILES string of the molecule is Cc1ccc(-n2c(C(C)NCc3ccco3)nc3ccccc3c2=O)c(C)c1. The molecule has 1 unspecified atom stereocenters. The number of furan rings is 1. The van der Waals surface area contributed by atoms with Crippen LogP contribution in [0.2, 0.25) is 0 Å². The molecule has 4 aromatic rings. The van der Waals surface area contributed by atoms with Gasteiger partial charge in [-0.2, -0.15) is 0 Å². The highest BCUT2D eigenvalue weighted by Gasteiger charge is 2.19. The van der Waals surface area contributed by atoms with Crippen molar-refractivity contribution in [1.29, 1.82) is 0 Å². The Hall–Kier alpha value is -3.18. The summed E-state index contributed by atoms with van der Waals surface area (Å²) < 4.78 is 7.14. The Morgan fingerprint density at radius 3 is 2.68 bits per heavy atom. The number of hydrogen-bond donors (Lipinski definition) is 1. The molecule has 0 saturated heterocycles. The smallest absolute Gasteiger partial charge is 0.266 e. The molecule has 5 nitrogen and oxygen atoms in total. The second-order valence-corrected chi connectivity index (χ2v) is 7.10. The Bertz CT molecular complexity index is 1180. The summed E-state index contributed by atoms with van der Waals surface area (Å²) in [5.41, 5.74) is 3.71. The van der Waals surface area contributed by atoms with Crippen LogP contribution in [-0.2, 0) is 6.54 Å². The Labute approximate surface area is 163 Å². The summed E-state index contributed by atoms with van der Waals surface area (Å²) in [6.45, 7) is 6.64. The molecule has 0 aliphatic rings. The van der Waals surface area contributed by atoms with Crippen LogP contribution in [0.1, 0.15) is 35.7 Å². The maximum atomic E-state index is 13.4. The number of benzene rings is 2. The van der Waals surface area contributed by atoms with Crippen molar-refractivity contribution in [3.05, 3.63) is 93.9 Å². The number of hydrogen-bond acceptors (Lipinski definition) is 4. The van der Waals surface area contributed by atoms with Crippen LogP contribution >= 0.6 is 0 Å². The standard InChI is InChI=1S/C23H23N3O2/c1-15-10-11-21(16(2)13-15)26-22(17(3)24-14-18-7-6-12-28-18)25-20-9-5-4-8-19(20)23(26)27/h4-13,17,24H,14H2,1-3H3. The van der Waals surface area contributed by atoms with Gasteiger partial charge in [-0.15, -0.1) is 0 Å². The van der Waals surface area contributed by atoms with Gasteiger partial charge in [-0.25, -0.2) is 4.98 Å². The van der Waals surface area contributed by atoms with Crippen LogP contribution in [0.15, 0.2) is 70.1 Å². The monoisotopic (exact) mass is 373 g/mol. The number of aromatic nitrogens is 2. The number of rotatable bonds is 5. The molecule has 142 valence electrons. The van der Waals surface area contributed by atoms with E-state index in [1.54, 1.807) is 10.8 Å². The van der Waals surface area contributed by atoms with Crippen molar-refractivity contribution in [2.75, 3.05) is 0 Å². The number of nitrogens with one attached hydrogen (secondary N) is 1. The molecule has 1 atom stereocenters. The fourth-order valence-corrected chi connectivity index (χ4v) is 3.49. The molecule has 0 saturated carbocycles. The van der Waals surface area contributed by atoms with Gasteiger partial charge < -0.3 is 9.73 Å². The molecular formula is C23H23N3O2. The van der Waals surface area contributed by atoms with Crippen LogP contribution < -0.4 is 10.9 Å². The number of fused-ring (bicyclic) bond motifs is 1. The highest BCUT2D eigenvalue weighted by Crippen LogP contribution is 2.21. The summed E-state index contributed by atoms with van der Waals surface area (Å²) in [7, 11) is 0. The van der Waals surface area contributed by atoms with Crippen molar-refractivity contribution in [3.63, 3.8) is 0 Å². The van der Waals surface area contributed by atoms with E-state index in [2.05, 4.69) is 11.4 Å². The van der Waals surface area contributed by atoms with Crippen LogP contribution in [-0.4, -0.2) is 9.55 Å². The summed E-state index contributed by atoms with van der Waals surface area (Å²) in [6.07, 6.45) is 1.65. The van der Waals surface area contributed by atoms with Crippen molar-refractivity contribution < 1.29 is 4.42 Å². The van der Waals surface area contributed by atoms with Gasteiger partial charge in [0.1, 0.15) is 11.6 Å². The largest absolute Gasteiger partial charge is 0.468 e. The predicted octanol–water partition coefficient (Wildman–Crippen LogP) is 4.45. The molecule has 0 aliphatic carbocycles. The van der Waals surface area contributed by atoms with Gasteiger partial charge in [-0.3, -0.25) is 9.36 Å². The fourth-order valence-electron chi connectivity index (χ4n) is 3.49. The van der Waals surface area contributed by atoms with E-state index < -0.39 is 0 Å². The van der Waals surface area contributed by atoms with Crippen LogP contribution in [0.4, 0.5) is 0 Å². The van der Waals surface area contributed by atoms with E-state index in [0.29, 0.717) is 23.3 Å². The van der Waals surface area contributed by atoms with Crippen molar-refractivity contribution in [3.8, 4) is 5.69 Å². The van der Waals surface area contributed by atoms with Crippen molar-refractivity contribution in [2.24, 2.45) is 0 Å². The fraction of sp³-hybridized carbons (Fsp3) is 0.217. The van der Waals surface area contributed by atoms with E-state index in [1.807, 2.05) is 69.3 Å². The second-order valence-electron chi connectivity index (χ2n) is 7.10. The van der Waals surface area contributed by atoms with Gasteiger partial charge in [0.25, 0.3) is 5.56 Å². The van der Waals surface area contributed by atoms with E-state index in [0.717, 1.165) is 22.6 Å². The van der Waals surface area contributed by atoms with Crippen LogP contribution in [0, 0.1) is 13.8 Å². The van der Waals surface area contributed by atoms with Gasteiger partial charge in [-0.05, 0) is 56.7 Å². The summed E-state index contributed by atoms with van der Waals surface area (Å²) in [5.74, 6) is 1.52. The molecular weight excluding hydrogens is 350 g/mol. The third-order valence-corrected chi connectivity index (χ3v) is 4.94. The Balaban J connectivity index is 1.87. The average Bonchev–Trinajstić information content (AvgIpc) is 3.20. The quantitative estimate of drug-likeness (QED) is 0.562. The van der Waals surface area contributed by atoms with Gasteiger partial charge in [0.2, 0.25) is 0 Å². The van der Waals surface area contributed by atoms with Crippen LogP contribution in [0.3, 0.4) is 0 Å². The first-order valence-electron chi connectivity index (χ1n) is 9.39. The highest BCUT2D eigenvalue weighted by molar-refractivity contribution is 5.78. The van der Waals surface area contributed by atoms with Crippen LogP contribution in [0.5, 0.6) is 0 Å². The second kappa shape index (κ2) is 7.44. The van der Waals surface area contributed by atoms with Crippen LogP contribution in [0.25, 0.3) is 16.6 Å². The number of para-hydroxylation sites is 1. The van der Waals surface area contributed by atoms with Gasteiger partial charge >= 0.3 is 0 Å². The third kappa shape index (κ3) is 3.37. The maximum absolute atomic E-state index is 13.4. The molecule has 2 heterocycles. The molecule has 0 radical (unpaired) electrons. The van der Waals surface area contributed by atoms with Crippen molar-refractivity contribution in [1.82, 2.24) is 14.9 Å². The lowest BCUT2D eigenvalue weighted by atomic mass is 10.1. The molecule has 28 heavy (non-hydrogen) atoms. The van der Waals surface area contributed by atoms with E-state index in [9.17, 15) is 4.79 Å². The summed E-state index contributed by atoms with van der Waals surface area (Å²) >= 11 is 0. The lowest BCUT2D eigenvalue weighted by Gasteiger charge is -2.20. The lowest BCUT2D eigenvalue weighted by Crippen LogP contribution is -2.30. The van der Waals surface area contributed by atoms with E-state index >= 15 is 0 Å². The molecule has 0 amide bonds. The molecule has 5 heteroatoms. The third-order valence-electron chi connectivity index (χ3n) is 4.94. The minimum absolute atomic E-state index is 0.0563. The summed E-state index contributed by atoms with van der Waals surface area (Å²) in [5, 5.41) is 4.03. The maximum Gasteiger partial charge on any atom is 0.266 e. The molecule has 0 fully saturated rings. The van der Waals surface area contributed by atoms with E-state index in [-0.39, 0.29) is 11.6 Å². The highest BCUT2D eigenvalue weighted by atomic mass is 16.3. The van der Waals surface area contributed by atoms with Gasteiger partial charge in [0.15, 0.2) is 0 Å². The lowest BCUT2D eigenvalue weighted by molar-refractivity contribution is 0.450. The summed E-state index contributed by atoms with van der Waals surface area (Å²) in [4.78, 5) is 18.2. The molecule has 4 rings (SSSR count). The topological polar surface area (TPSA) is 60.1 Å². The first-order valence-corrected chi connectivity index (χ1v) is 9.39. The number of nitrogens with zero attached hydrogens (tertiary/aromatic N) is 2. The Morgan fingerprint density at radius 1 is 1.11 bits per heavy atom. The number of aryl methyl sites for hydroxylation is 2. The zero-order chi connectivity index (χ0) is 19.7. The zero-order valence-corrected chi connectivity index (χ0v) is 16.3. The van der Waals surface area contributed by atoms with Gasteiger partial charge in [0, 0.05) is 0 Å². The molecule has 0 aliphatic heterocycles. The van der Waals surface area contributed by atoms with Crippen molar-refractivity contribution >= 4 is 10.9 Å². The van der Waals surface area contributed by atoms with E-state index in [1.165, 1.54) is 0 Å². The molecule has 1 N–H and O–H groups in total. The first kappa shape index (κ1) is 18.2. The summed E-state index contributed by atoms with van der Waals surface area (Å²) in [6, 6.07) is 17.2. The zero-order valence-electron chi connectivity index (χ0n) is 16.3. The minimum atomic E-state index is -0.150. The molecule has 2 aromatic heterocycles. The Morgan fingerprint density at radius 2 is 1.93 bits per heavy atom. The average molecular weight is 373 g/mol. The van der Waals surface area contributed by atoms with Gasteiger partial charge in [-0.1, -0.05) is 29.8 Å². The van der Waals surface area contributed by atoms with Gasteiger partial charge in [0.05, 0.1) is 35.4 Å². The molecule has 0 bridgehead atoms.